The molecule has 13 nitrogen and oxygen atoms in total. The predicted octanol–water partition coefficient (Wildman–Crippen LogP) is 32.0. The summed E-state index contributed by atoms with van der Waals surface area (Å²) in [5.74, 6) is 5.90. The molecule has 1 atom stereocenters. The van der Waals surface area contributed by atoms with Gasteiger partial charge in [-0.15, -0.1) is 0 Å². The molecule has 0 amide bonds. The van der Waals surface area contributed by atoms with Crippen molar-refractivity contribution in [3.05, 3.63) is 416 Å². The first-order valence-corrected chi connectivity index (χ1v) is 46.7. The first-order chi connectivity index (χ1) is 66.8. The van der Waals surface area contributed by atoms with Crippen molar-refractivity contribution in [3.8, 4) is 147 Å². The van der Waals surface area contributed by atoms with Gasteiger partial charge in [0, 0.05) is 109 Å². The highest BCUT2D eigenvalue weighted by molar-refractivity contribution is 6.12. The molecule has 0 radical (unpaired) electrons. The Balaban J connectivity index is 0.000000109. The molecule has 3 aliphatic carbocycles. The van der Waals surface area contributed by atoms with Crippen molar-refractivity contribution in [3.63, 3.8) is 0 Å². The SMILES string of the molecule is CC1(C)c2cc3c(cc2-c2c(-c4cccc(-c5nc(-c6ccccc6)nc(-c6ccccc6)n5)c4)cccc21)oc1ccccc13.CCC1(C)c2cc(-c3nc(-c4ccccc4)nc(-c4ccccc4)n3)ccc2-c2cc3oc4ccccc4c3cc21.CCC1(CC)c2cc(-c3nc(-c4ccccc4)nc(-c4ccc5oc6ccccc6c5c4)n3)ccc2-c2cc3oc4ccccc4c3cc21. The molecule has 0 bridgehead atoms. The van der Waals surface area contributed by atoms with Gasteiger partial charge in [-0.25, -0.2) is 44.9 Å². The van der Waals surface area contributed by atoms with Crippen LogP contribution in [0.3, 0.4) is 0 Å². The molecule has 0 spiro atoms. The van der Waals surface area contributed by atoms with Gasteiger partial charge in [0.1, 0.15) is 44.7 Å². The number of nitrogens with zero attached hydrogens (tertiary/aromatic N) is 9. The smallest absolute Gasteiger partial charge is 0.164 e. The maximum Gasteiger partial charge on any atom is 0.164 e. The van der Waals surface area contributed by atoms with Crippen LogP contribution in [0, 0.1) is 0 Å². The Morgan fingerprint density at radius 2 is 0.478 bits per heavy atom. The highest BCUT2D eigenvalue weighted by atomic mass is 16.3. The molecular weight excluding hydrogens is 1670 g/mol. The second-order valence-corrected chi connectivity index (χ2v) is 36.5. The monoisotopic (exact) mass is 1750 g/mol. The van der Waals surface area contributed by atoms with Gasteiger partial charge in [0.05, 0.1) is 0 Å². The van der Waals surface area contributed by atoms with E-state index >= 15 is 0 Å². The number of para-hydroxylation sites is 4. The number of rotatable bonds is 13. The van der Waals surface area contributed by atoms with Crippen molar-refractivity contribution in [2.75, 3.05) is 0 Å². The average Bonchev–Trinajstić information content (AvgIpc) is 1.55. The van der Waals surface area contributed by atoms with E-state index in [-0.39, 0.29) is 16.2 Å². The van der Waals surface area contributed by atoms with Crippen molar-refractivity contribution in [2.45, 2.75) is 77.0 Å². The van der Waals surface area contributed by atoms with E-state index in [1.165, 1.54) is 83.1 Å². The van der Waals surface area contributed by atoms with Crippen LogP contribution in [-0.4, -0.2) is 44.9 Å². The molecule has 7 aromatic heterocycles. The molecule has 136 heavy (non-hydrogen) atoms. The Kier molecular flexibility index (Phi) is 19.2. The quantitative estimate of drug-likeness (QED) is 0.107. The van der Waals surface area contributed by atoms with E-state index < -0.39 is 0 Å². The van der Waals surface area contributed by atoms with Crippen molar-refractivity contribution >= 4 is 87.8 Å². The van der Waals surface area contributed by atoms with Gasteiger partial charge in [0.2, 0.25) is 0 Å². The molecule has 3 aliphatic rings. The second-order valence-electron chi connectivity index (χ2n) is 36.5. The Morgan fingerprint density at radius 3 is 0.904 bits per heavy atom. The molecule has 13 heteroatoms. The van der Waals surface area contributed by atoms with E-state index in [2.05, 4.69) is 211 Å². The number of hydrogen-bond acceptors (Lipinski definition) is 13. The summed E-state index contributed by atoms with van der Waals surface area (Å²) in [6, 6.07) is 132. The fourth-order valence-electron chi connectivity index (χ4n) is 21.4. The standard InChI is InChI=1S/C44H31N3O2.C42H29N3O.C37H27N3O/c1-3-44(4-2)35-23-28(18-20-29(35)32-25-40-34(24-36(32)44)31-15-9-11-17-38(31)49-40)43-46-41(26-12-6-5-7-13-26)45-42(47-43)27-19-21-39-33(22-27)30-14-8-10-16-37(30)48-39;1-42(2)34-21-12-20-30(38(34)33-25-37-32(24-35(33)42)31-19-9-10-22-36(31)46-37)28-17-11-18-29(23-28)41-44-39(26-13-5-3-6-14-26)43-40(45-41)27-15-7-4-8-16-27;1-3-37(2)30-20-25(18-19-26(30)28-22-33-29(21-31(28)37)27-16-10-11-17-32(27)41-33)36-39-34(23-12-6-4-7-13-23)38-35(40-36)24-14-8-5-9-15-24/h5-25H,3-4H2,1-2H3;3-25H,1-2H3;4-22H,3H2,1-2H3. The second kappa shape index (κ2) is 32.2. The van der Waals surface area contributed by atoms with E-state index in [1.807, 2.05) is 212 Å². The predicted molar refractivity (Wildman–Crippen MR) is 549 cm³/mol. The molecular formula is C123H87N9O4. The number of fused-ring (bicyclic) bond motifs is 21. The molecule has 24 aromatic rings. The summed E-state index contributed by atoms with van der Waals surface area (Å²) >= 11 is 0. The van der Waals surface area contributed by atoms with Gasteiger partial charge >= 0.3 is 0 Å². The van der Waals surface area contributed by atoms with Gasteiger partial charge in [0.25, 0.3) is 0 Å². The van der Waals surface area contributed by atoms with Crippen molar-refractivity contribution < 1.29 is 17.7 Å². The fourth-order valence-corrected chi connectivity index (χ4v) is 21.4. The Labute approximate surface area is 784 Å². The number of aromatic nitrogens is 9. The maximum atomic E-state index is 6.36. The van der Waals surface area contributed by atoms with Gasteiger partial charge in [0.15, 0.2) is 52.4 Å². The van der Waals surface area contributed by atoms with Gasteiger partial charge < -0.3 is 17.7 Å². The summed E-state index contributed by atoms with van der Waals surface area (Å²) < 4.78 is 25.1. The lowest BCUT2D eigenvalue weighted by Gasteiger charge is -2.30. The van der Waals surface area contributed by atoms with Crippen molar-refractivity contribution in [1.29, 1.82) is 0 Å². The summed E-state index contributed by atoms with van der Waals surface area (Å²) in [5, 5.41) is 9.10. The van der Waals surface area contributed by atoms with Crippen LogP contribution in [0.25, 0.3) is 235 Å². The minimum absolute atomic E-state index is 0.140. The number of hydrogen-bond donors (Lipinski definition) is 0. The summed E-state index contributed by atoms with van der Waals surface area (Å²) in [5.41, 5.74) is 33.2. The highest BCUT2D eigenvalue weighted by Gasteiger charge is 2.44. The molecule has 0 saturated heterocycles. The van der Waals surface area contributed by atoms with Crippen LogP contribution < -0.4 is 0 Å². The third kappa shape index (κ3) is 13.4. The molecule has 7 heterocycles. The van der Waals surface area contributed by atoms with Gasteiger partial charge in [-0.2, -0.15) is 0 Å². The normalized spacial score (nSPS) is 14.0. The fraction of sp³-hybridized carbons (Fsp3) is 0.0976. The summed E-state index contributed by atoms with van der Waals surface area (Å²) in [6.07, 6.45) is 2.93. The zero-order valence-corrected chi connectivity index (χ0v) is 75.7. The highest BCUT2D eigenvalue weighted by Crippen LogP contribution is 2.58. The molecule has 27 rings (SSSR count). The first kappa shape index (κ1) is 81.0. The molecule has 0 fully saturated rings. The average molecular weight is 1760 g/mol. The number of furan rings is 4. The zero-order chi connectivity index (χ0) is 91.1. The van der Waals surface area contributed by atoms with Crippen LogP contribution in [0.2, 0.25) is 0 Å². The van der Waals surface area contributed by atoms with Crippen LogP contribution in [0.5, 0.6) is 0 Å². The third-order valence-electron chi connectivity index (χ3n) is 28.6. The van der Waals surface area contributed by atoms with Crippen LogP contribution in [-0.2, 0) is 16.2 Å². The lowest BCUT2D eigenvalue weighted by molar-refractivity contribution is 0.491. The van der Waals surface area contributed by atoms with Gasteiger partial charge in [-0.1, -0.05) is 327 Å². The van der Waals surface area contributed by atoms with Crippen LogP contribution in [0.1, 0.15) is 94.2 Å². The summed E-state index contributed by atoms with van der Waals surface area (Å²) in [6.45, 7) is 13.9. The summed E-state index contributed by atoms with van der Waals surface area (Å²) in [4.78, 5) is 44.9. The Hall–Kier alpha value is -17.0. The molecule has 0 N–H and O–H groups in total. The Bertz CT molecular complexity index is 8810. The van der Waals surface area contributed by atoms with Crippen LogP contribution >= 0.6 is 0 Å². The Morgan fingerprint density at radius 1 is 0.184 bits per heavy atom. The third-order valence-corrected chi connectivity index (χ3v) is 28.6. The van der Waals surface area contributed by atoms with E-state index in [0.717, 1.165) is 152 Å². The lowest BCUT2D eigenvalue weighted by Crippen LogP contribution is -2.23. The van der Waals surface area contributed by atoms with Gasteiger partial charge in [-0.05, 0) is 194 Å². The lowest BCUT2D eigenvalue weighted by atomic mass is 9.73. The van der Waals surface area contributed by atoms with Crippen LogP contribution in [0.15, 0.2) is 400 Å². The zero-order valence-electron chi connectivity index (χ0n) is 75.7. The van der Waals surface area contributed by atoms with Crippen molar-refractivity contribution in [1.82, 2.24) is 44.9 Å². The minimum Gasteiger partial charge on any atom is -0.456 e. The van der Waals surface area contributed by atoms with Crippen LogP contribution in [0.4, 0.5) is 0 Å². The molecule has 17 aromatic carbocycles. The first-order valence-electron chi connectivity index (χ1n) is 46.7. The van der Waals surface area contributed by atoms with E-state index in [4.69, 9.17) is 62.5 Å². The number of benzene rings is 17. The largest absolute Gasteiger partial charge is 0.456 e. The molecule has 1 unspecified atom stereocenters. The maximum absolute atomic E-state index is 6.36. The topological polar surface area (TPSA) is 169 Å². The molecule has 0 saturated carbocycles. The van der Waals surface area contributed by atoms with Gasteiger partial charge in [-0.3, -0.25) is 0 Å². The van der Waals surface area contributed by atoms with E-state index in [9.17, 15) is 0 Å². The summed E-state index contributed by atoms with van der Waals surface area (Å²) in [7, 11) is 0. The van der Waals surface area contributed by atoms with E-state index in [1.54, 1.807) is 0 Å². The molecule has 0 aliphatic heterocycles. The van der Waals surface area contributed by atoms with E-state index in [0.29, 0.717) is 52.4 Å². The molecule has 648 valence electrons. The van der Waals surface area contributed by atoms with Crippen molar-refractivity contribution in [2.24, 2.45) is 0 Å². The minimum atomic E-state index is -0.159.